The van der Waals surface area contributed by atoms with Crippen LogP contribution in [0.4, 0.5) is 5.95 Å². The summed E-state index contributed by atoms with van der Waals surface area (Å²) in [5.41, 5.74) is 0. The first-order valence-corrected chi connectivity index (χ1v) is 5.73. The van der Waals surface area contributed by atoms with Crippen molar-refractivity contribution in [3.63, 3.8) is 0 Å². The molecule has 1 heterocycles. The summed E-state index contributed by atoms with van der Waals surface area (Å²) < 4.78 is 9.90. The number of hydrogen-bond acceptors (Lipinski definition) is 6. The lowest BCUT2D eigenvalue weighted by molar-refractivity contribution is 0.341. The summed E-state index contributed by atoms with van der Waals surface area (Å²) in [5, 5.41) is 3.20. The third kappa shape index (κ3) is 4.60. The van der Waals surface area contributed by atoms with E-state index in [4.69, 9.17) is 21.1 Å². The number of halogens is 1. The molecule has 1 N–H and O–H groups in total. The highest BCUT2D eigenvalue weighted by Crippen LogP contribution is 2.14. The molecule has 0 bridgehead atoms. The standard InChI is InChI=1S/C10H17ClN4O2/c1-6(11)5-7(2)12-8-13-9(16-3)15-10(14-8)17-4/h6-7H,5H2,1-4H3,(H,12,13,14,15). The molecule has 0 amide bonds. The van der Waals surface area contributed by atoms with Crippen LogP contribution in [0.2, 0.25) is 0 Å². The largest absolute Gasteiger partial charge is 0.467 e. The molecule has 2 unspecified atom stereocenters. The minimum absolute atomic E-state index is 0.0862. The molecular weight excluding hydrogens is 244 g/mol. The molecule has 0 aromatic carbocycles. The minimum atomic E-state index is 0.0862. The summed E-state index contributed by atoms with van der Waals surface area (Å²) in [6.45, 7) is 3.94. The van der Waals surface area contributed by atoms with Crippen LogP contribution in [0.15, 0.2) is 0 Å². The van der Waals surface area contributed by atoms with Crippen LogP contribution >= 0.6 is 11.6 Å². The number of hydrogen-bond donors (Lipinski definition) is 1. The first kappa shape index (κ1) is 13.8. The molecule has 96 valence electrons. The van der Waals surface area contributed by atoms with Crippen molar-refractivity contribution < 1.29 is 9.47 Å². The fraction of sp³-hybridized carbons (Fsp3) is 0.700. The maximum Gasteiger partial charge on any atom is 0.324 e. The molecule has 1 rings (SSSR count). The number of nitrogens with zero attached hydrogens (tertiary/aromatic N) is 3. The van der Waals surface area contributed by atoms with Gasteiger partial charge in [-0.2, -0.15) is 9.97 Å². The molecule has 0 spiro atoms. The number of rotatable bonds is 6. The SMILES string of the molecule is COc1nc(NC(C)CC(C)Cl)nc(OC)n1. The van der Waals surface area contributed by atoms with Gasteiger partial charge in [0.1, 0.15) is 0 Å². The molecule has 2 atom stereocenters. The van der Waals surface area contributed by atoms with Gasteiger partial charge in [0.15, 0.2) is 0 Å². The summed E-state index contributed by atoms with van der Waals surface area (Å²) in [6, 6.07) is 0.579. The summed E-state index contributed by atoms with van der Waals surface area (Å²) >= 11 is 5.91. The van der Waals surface area contributed by atoms with E-state index >= 15 is 0 Å². The number of ether oxygens (including phenoxy) is 2. The Bertz CT molecular complexity index is 340. The van der Waals surface area contributed by atoms with Gasteiger partial charge < -0.3 is 14.8 Å². The molecule has 0 radical (unpaired) electrons. The van der Waals surface area contributed by atoms with Crippen LogP contribution in [0.1, 0.15) is 20.3 Å². The van der Waals surface area contributed by atoms with Gasteiger partial charge in [0, 0.05) is 11.4 Å². The Hall–Kier alpha value is -1.30. The maximum absolute atomic E-state index is 5.91. The molecule has 0 saturated carbocycles. The highest BCUT2D eigenvalue weighted by molar-refractivity contribution is 6.20. The zero-order valence-corrected chi connectivity index (χ0v) is 11.2. The van der Waals surface area contributed by atoms with Crippen LogP contribution < -0.4 is 14.8 Å². The van der Waals surface area contributed by atoms with Crippen molar-refractivity contribution in [3.05, 3.63) is 0 Å². The molecule has 0 saturated heterocycles. The molecule has 0 fully saturated rings. The van der Waals surface area contributed by atoms with Crippen molar-refractivity contribution in [1.29, 1.82) is 0 Å². The quantitative estimate of drug-likeness (QED) is 0.786. The van der Waals surface area contributed by atoms with Crippen LogP contribution in [-0.2, 0) is 0 Å². The average Bonchev–Trinajstić information content (AvgIpc) is 2.27. The first-order chi connectivity index (χ1) is 8.05. The monoisotopic (exact) mass is 260 g/mol. The van der Waals surface area contributed by atoms with Crippen molar-refractivity contribution in [1.82, 2.24) is 15.0 Å². The van der Waals surface area contributed by atoms with Crippen LogP contribution in [0.25, 0.3) is 0 Å². The van der Waals surface area contributed by atoms with Gasteiger partial charge in [0.2, 0.25) is 5.95 Å². The summed E-state index contributed by atoms with van der Waals surface area (Å²) in [5.74, 6) is 0.415. The van der Waals surface area contributed by atoms with Crippen LogP contribution in [0.3, 0.4) is 0 Å². The van der Waals surface area contributed by atoms with E-state index in [1.54, 1.807) is 0 Å². The Balaban J connectivity index is 2.75. The van der Waals surface area contributed by atoms with Gasteiger partial charge in [-0.05, 0) is 20.3 Å². The molecule has 0 aliphatic heterocycles. The number of anilines is 1. The lowest BCUT2D eigenvalue weighted by Crippen LogP contribution is -2.20. The predicted molar refractivity (Wildman–Crippen MR) is 65.9 cm³/mol. The van der Waals surface area contributed by atoms with Crippen molar-refractivity contribution in [3.8, 4) is 12.0 Å². The summed E-state index contributed by atoms with van der Waals surface area (Å²) in [7, 11) is 2.98. The lowest BCUT2D eigenvalue weighted by atomic mass is 10.2. The smallest absolute Gasteiger partial charge is 0.324 e. The van der Waals surface area contributed by atoms with E-state index in [-0.39, 0.29) is 23.4 Å². The lowest BCUT2D eigenvalue weighted by Gasteiger charge is -2.15. The van der Waals surface area contributed by atoms with Gasteiger partial charge in [-0.25, -0.2) is 0 Å². The Labute approximate surface area is 106 Å². The number of alkyl halides is 1. The predicted octanol–water partition coefficient (Wildman–Crippen LogP) is 1.71. The number of aromatic nitrogens is 3. The average molecular weight is 261 g/mol. The van der Waals surface area contributed by atoms with E-state index in [1.165, 1.54) is 14.2 Å². The van der Waals surface area contributed by atoms with Gasteiger partial charge in [-0.15, -0.1) is 16.6 Å². The Morgan fingerprint density at radius 2 is 1.65 bits per heavy atom. The Morgan fingerprint density at radius 1 is 1.12 bits per heavy atom. The molecule has 6 nitrogen and oxygen atoms in total. The van der Waals surface area contributed by atoms with Crippen LogP contribution in [0, 0.1) is 0 Å². The third-order valence-corrected chi connectivity index (χ3v) is 2.19. The molecule has 17 heavy (non-hydrogen) atoms. The van der Waals surface area contributed by atoms with E-state index in [0.717, 1.165) is 6.42 Å². The molecular formula is C10H17ClN4O2. The molecule has 7 heteroatoms. The Morgan fingerprint density at radius 3 is 2.06 bits per heavy atom. The minimum Gasteiger partial charge on any atom is -0.467 e. The van der Waals surface area contributed by atoms with E-state index in [0.29, 0.717) is 5.95 Å². The molecule has 0 aliphatic carbocycles. The molecule has 0 aliphatic rings. The fourth-order valence-electron chi connectivity index (χ4n) is 1.35. The van der Waals surface area contributed by atoms with Crippen molar-refractivity contribution >= 4 is 17.5 Å². The zero-order chi connectivity index (χ0) is 12.8. The fourth-order valence-corrected chi connectivity index (χ4v) is 1.62. The van der Waals surface area contributed by atoms with Gasteiger partial charge >= 0.3 is 12.0 Å². The second-order valence-electron chi connectivity index (χ2n) is 3.69. The highest BCUT2D eigenvalue weighted by Gasteiger charge is 2.11. The molecule has 1 aromatic rings. The van der Waals surface area contributed by atoms with Gasteiger partial charge in [-0.1, -0.05) is 0 Å². The number of nitrogens with one attached hydrogen (secondary N) is 1. The maximum atomic E-state index is 5.91. The topological polar surface area (TPSA) is 69.2 Å². The van der Waals surface area contributed by atoms with Gasteiger partial charge in [-0.3, -0.25) is 0 Å². The Kier molecular flexibility index (Phi) is 5.21. The van der Waals surface area contributed by atoms with Crippen molar-refractivity contribution in [2.45, 2.75) is 31.7 Å². The highest BCUT2D eigenvalue weighted by atomic mass is 35.5. The molecule has 1 aromatic heterocycles. The van der Waals surface area contributed by atoms with E-state index in [9.17, 15) is 0 Å². The van der Waals surface area contributed by atoms with Gasteiger partial charge in [0.25, 0.3) is 0 Å². The summed E-state index contributed by atoms with van der Waals surface area (Å²) in [4.78, 5) is 12.0. The van der Waals surface area contributed by atoms with E-state index in [1.807, 2.05) is 13.8 Å². The van der Waals surface area contributed by atoms with E-state index < -0.39 is 0 Å². The van der Waals surface area contributed by atoms with Crippen LogP contribution in [-0.4, -0.2) is 40.6 Å². The van der Waals surface area contributed by atoms with Crippen molar-refractivity contribution in [2.24, 2.45) is 0 Å². The normalized spacial score (nSPS) is 13.9. The number of methoxy groups -OCH3 is 2. The second-order valence-corrected chi connectivity index (χ2v) is 4.44. The van der Waals surface area contributed by atoms with E-state index in [2.05, 4.69) is 20.3 Å². The first-order valence-electron chi connectivity index (χ1n) is 5.29. The van der Waals surface area contributed by atoms with Crippen molar-refractivity contribution in [2.75, 3.05) is 19.5 Å². The third-order valence-electron chi connectivity index (χ3n) is 2.01. The zero-order valence-electron chi connectivity index (χ0n) is 10.4. The second kappa shape index (κ2) is 6.44. The van der Waals surface area contributed by atoms with Crippen LogP contribution in [0.5, 0.6) is 12.0 Å². The van der Waals surface area contributed by atoms with Gasteiger partial charge in [0.05, 0.1) is 14.2 Å². The summed E-state index contributed by atoms with van der Waals surface area (Å²) in [6.07, 6.45) is 0.803.